The van der Waals surface area contributed by atoms with E-state index in [4.69, 9.17) is 9.47 Å². The van der Waals surface area contributed by atoms with Crippen molar-refractivity contribution >= 4 is 15.7 Å². The molecule has 0 unspecified atom stereocenters. The zero-order valence-corrected chi connectivity index (χ0v) is 22.0. The summed E-state index contributed by atoms with van der Waals surface area (Å²) in [6.07, 6.45) is 1.45. The third-order valence-electron chi connectivity index (χ3n) is 5.83. The number of aromatic amines is 1. The number of nitrogens with zero attached hydrogens (tertiary/aromatic N) is 3. The highest BCUT2D eigenvalue weighted by molar-refractivity contribution is 7.92. The van der Waals surface area contributed by atoms with E-state index in [1.807, 2.05) is 26.0 Å². The molecule has 0 radical (unpaired) electrons. The fourth-order valence-corrected chi connectivity index (χ4v) is 5.47. The van der Waals surface area contributed by atoms with E-state index in [0.29, 0.717) is 28.3 Å². The number of sulfonamides is 1. The first-order valence-electron chi connectivity index (χ1n) is 11.5. The molecule has 11 heteroatoms. The molecule has 2 aromatic carbocycles. The zero-order valence-electron chi connectivity index (χ0n) is 21.2. The van der Waals surface area contributed by atoms with Gasteiger partial charge in [-0.1, -0.05) is 23.4 Å². The SMILES string of the molecule is COc1cc(-c2noc(=O)[nH]2)ccc1COc1cc(C)c(C)cc1N(C(C)C)S(=O)(=O)c1ccccn1. The highest BCUT2D eigenvalue weighted by atomic mass is 32.2. The van der Waals surface area contributed by atoms with E-state index in [9.17, 15) is 13.2 Å². The van der Waals surface area contributed by atoms with Crippen molar-refractivity contribution < 1.29 is 22.4 Å². The molecule has 1 N–H and O–H groups in total. The number of benzene rings is 2. The molecule has 2 aromatic heterocycles. The maximum Gasteiger partial charge on any atom is 0.439 e. The molecule has 0 saturated heterocycles. The fourth-order valence-electron chi connectivity index (χ4n) is 3.87. The number of hydrogen-bond donors (Lipinski definition) is 1. The van der Waals surface area contributed by atoms with Gasteiger partial charge in [-0.25, -0.2) is 9.78 Å². The summed E-state index contributed by atoms with van der Waals surface area (Å²) < 4.78 is 44.9. The van der Waals surface area contributed by atoms with Crippen LogP contribution in [-0.2, 0) is 16.6 Å². The van der Waals surface area contributed by atoms with Crippen molar-refractivity contribution in [3.05, 3.63) is 82.0 Å². The molecule has 10 nitrogen and oxygen atoms in total. The van der Waals surface area contributed by atoms with E-state index in [2.05, 4.69) is 19.6 Å². The van der Waals surface area contributed by atoms with Gasteiger partial charge >= 0.3 is 5.76 Å². The lowest BCUT2D eigenvalue weighted by Gasteiger charge is -2.30. The first-order chi connectivity index (χ1) is 17.6. The number of aryl methyl sites for hydroxylation is 2. The van der Waals surface area contributed by atoms with E-state index in [1.54, 1.807) is 44.2 Å². The zero-order chi connectivity index (χ0) is 26.7. The van der Waals surface area contributed by atoms with Crippen LogP contribution in [0.25, 0.3) is 11.4 Å². The Hall–Kier alpha value is -4.12. The molecule has 0 atom stereocenters. The average molecular weight is 525 g/mol. The molecule has 0 bridgehead atoms. The third kappa shape index (κ3) is 5.36. The van der Waals surface area contributed by atoms with Crippen molar-refractivity contribution in [1.29, 1.82) is 0 Å². The van der Waals surface area contributed by atoms with Crippen LogP contribution in [-0.4, -0.2) is 36.7 Å². The topological polar surface area (TPSA) is 128 Å². The Kier molecular flexibility index (Phi) is 7.35. The van der Waals surface area contributed by atoms with E-state index in [-0.39, 0.29) is 17.5 Å². The first-order valence-corrected chi connectivity index (χ1v) is 13.0. The van der Waals surface area contributed by atoms with Gasteiger partial charge in [-0.15, -0.1) is 0 Å². The van der Waals surface area contributed by atoms with Gasteiger partial charge in [0, 0.05) is 23.4 Å². The van der Waals surface area contributed by atoms with Gasteiger partial charge in [-0.2, -0.15) is 8.42 Å². The minimum Gasteiger partial charge on any atom is -0.496 e. The predicted octanol–water partition coefficient (Wildman–Crippen LogP) is 4.23. The minimum atomic E-state index is -3.96. The fraction of sp³-hybridized carbons (Fsp3) is 0.269. The predicted molar refractivity (Wildman–Crippen MR) is 138 cm³/mol. The minimum absolute atomic E-state index is 0.0453. The Bertz CT molecular complexity index is 1560. The normalized spacial score (nSPS) is 11.5. The molecule has 194 valence electrons. The number of rotatable bonds is 9. The molecule has 0 aliphatic rings. The van der Waals surface area contributed by atoms with Crippen LogP contribution in [0, 0.1) is 13.8 Å². The van der Waals surface area contributed by atoms with Gasteiger partial charge in [0.1, 0.15) is 18.1 Å². The molecule has 0 aliphatic heterocycles. The van der Waals surface area contributed by atoms with Crippen LogP contribution in [0.1, 0.15) is 30.5 Å². The summed E-state index contributed by atoms with van der Waals surface area (Å²) in [6, 6.07) is 13.3. The number of methoxy groups -OCH3 is 1. The lowest BCUT2D eigenvalue weighted by molar-refractivity contribution is 0.297. The summed E-state index contributed by atoms with van der Waals surface area (Å²) in [5.74, 6) is 0.537. The van der Waals surface area contributed by atoms with Crippen molar-refractivity contribution in [2.45, 2.75) is 45.4 Å². The van der Waals surface area contributed by atoms with Crippen molar-refractivity contribution in [3.8, 4) is 22.9 Å². The monoisotopic (exact) mass is 524 g/mol. The van der Waals surface area contributed by atoms with Crippen LogP contribution < -0.4 is 19.5 Å². The van der Waals surface area contributed by atoms with Crippen LogP contribution >= 0.6 is 0 Å². The van der Waals surface area contributed by atoms with Crippen molar-refractivity contribution in [2.24, 2.45) is 0 Å². The Labute approximate surface area is 214 Å². The van der Waals surface area contributed by atoms with Crippen LogP contribution in [0.2, 0.25) is 0 Å². The summed E-state index contributed by atoms with van der Waals surface area (Å²) >= 11 is 0. The molecule has 0 amide bonds. The van der Waals surface area contributed by atoms with Gasteiger partial charge in [0.15, 0.2) is 10.9 Å². The number of nitrogens with one attached hydrogen (secondary N) is 1. The number of hydrogen-bond acceptors (Lipinski definition) is 8. The number of anilines is 1. The van der Waals surface area contributed by atoms with Crippen LogP contribution in [0.5, 0.6) is 11.5 Å². The van der Waals surface area contributed by atoms with E-state index < -0.39 is 21.8 Å². The summed E-state index contributed by atoms with van der Waals surface area (Å²) in [4.78, 5) is 17.9. The van der Waals surface area contributed by atoms with Crippen LogP contribution in [0.3, 0.4) is 0 Å². The molecule has 4 rings (SSSR count). The molecule has 0 spiro atoms. The second-order valence-corrected chi connectivity index (χ2v) is 10.5. The number of H-pyrrole nitrogens is 1. The summed E-state index contributed by atoms with van der Waals surface area (Å²) in [6.45, 7) is 7.56. The number of ether oxygens (including phenoxy) is 2. The summed E-state index contributed by atoms with van der Waals surface area (Å²) in [5.41, 5.74) is 3.61. The number of pyridine rings is 1. The number of aromatic nitrogens is 3. The largest absolute Gasteiger partial charge is 0.496 e. The second kappa shape index (κ2) is 10.5. The lowest BCUT2D eigenvalue weighted by Crippen LogP contribution is -2.37. The van der Waals surface area contributed by atoms with E-state index in [1.165, 1.54) is 23.7 Å². The Morgan fingerprint density at radius 1 is 1.05 bits per heavy atom. The molecular formula is C26H28N4O6S. The van der Waals surface area contributed by atoms with Gasteiger partial charge in [0.25, 0.3) is 10.0 Å². The summed E-state index contributed by atoms with van der Waals surface area (Å²) in [7, 11) is -2.44. The standard InChI is InChI=1S/C26H28N4O6S/c1-16(2)30(37(32,33)24-8-6-7-11-27-24)21-12-17(3)18(4)13-23(21)35-15-20-10-9-19(14-22(20)34-5)25-28-26(31)36-29-25/h6-14,16H,15H2,1-5H3,(H,28,29,31). The Balaban J connectivity index is 1.71. The molecule has 4 aromatic rings. The molecule has 0 aliphatic carbocycles. The van der Waals surface area contributed by atoms with Crippen LogP contribution in [0.15, 0.2) is 69.1 Å². The Morgan fingerprint density at radius 3 is 2.43 bits per heavy atom. The van der Waals surface area contributed by atoms with E-state index >= 15 is 0 Å². The van der Waals surface area contributed by atoms with Crippen LogP contribution in [0.4, 0.5) is 5.69 Å². The Morgan fingerprint density at radius 2 is 1.81 bits per heavy atom. The van der Waals surface area contributed by atoms with Gasteiger partial charge in [-0.3, -0.25) is 13.8 Å². The van der Waals surface area contributed by atoms with Crippen molar-refractivity contribution in [1.82, 2.24) is 15.1 Å². The van der Waals surface area contributed by atoms with Crippen molar-refractivity contribution in [2.75, 3.05) is 11.4 Å². The molecular weight excluding hydrogens is 496 g/mol. The third-order valence-corrected chi connectivity index (χ3v) is 7.73. The molecule has 2 heterocycles. The lowest BCUT2D eigenvalue weighted by atomic mass is 10.1. The quantitative estimate of drug-likeness (QED) is 0.345. The second-order valence-electron chi connectivity index (χ2n) is 8.73. The highest BCUT2D eigenvalue weighted by Gasteiger charge is 2.31. The maximum atomic E-state index is 13.6. The molecule has 37 heavy (non-hydrogen) atoms. The average Bonchev–Trinajstić information content (AvgIpc) is 3.31. The van der Waals surface area contributed by atoms with Gasteiger partial charge in [-0.05, 0) is 69.2 Å². The van der Waals surface area contributed by atoms with Crippen molar-refractivity contribution in [3.63, 3.8) is 0 Å². The highest BCUT2D eigenvalue weighted by Crippen LogP contribution is 2.37. The summed E-state index contributed by atoms with van der Waals surface area (Å²) in [5, 5.41) is 3.66. The van der Waals surface area contributed by atoms with Gasteiger partial charge < -0.3 is 9.47 Å². The maximum absolute atomic E-state index is 13.6. The molecule has 0 fully saturated rings. The smallest absolute Gasteiger partial charge is 0.439 e. The van der Waals surface area contributed by atoms with Gasteiger partial charge in [0.2, 0.25) is 0 Å². The molecule has 0 saturated carbocycles. The first kappa shape index (κ1) is 26.0. The van der Waals surface area contributed by atoms with Gasteiger partial charge in [0.05, 0.1) is 12.8 Å². The van der Waals surface area contributed by atoms with E-state index in [0.717, 1.165) is 11.1 Å².